The first-order chi connectivity index (χ1) is 12.5. The van der Waals surface area contributed by atoms with Gasteiger partial charge in [0.15, 0.2) is 5.82 Å². The molecule has 0 atom stereocenters. The van der Waals surface area contributed by atoms with E-state index in [4.69, 9.17) is 5.73 Å². The van der Waals surface area contributed by atoms with E-state index < -0.39 is 21.3 Å². The van der Waals surface area contributed by atoms with Crippen LogP contribution >= 0.6 is 0 Å². The summed E-state index contributed by atoms with van der Waals surface area (Å²) >= 11 is 0. The van der Waals surface area contributed by atoms with Crippen molar-refractivity contribution in [1.29, 1.82) is 0 Å². The van der Waals surface area contributed by atoms with Crippen LogP contribution in [0.1, 0.15) is 31.9 Å². The fraction of sp³-hybridized carbons (Fsp3) is 0.250. The Morgan fingerprint density at radius 1 is 1.07 bits per heavy atom. The van der Waals surface area contributed by atoms with Crippen molar-refractivity contribution < 1.29 is 12.8 Å². The molecule has 142 valence electrons. The highest BCUT2D eigenvalue weighted by Crippen LogP contribution is 2.30. The van der Waals surface area contributed by atoms with Gasteiger partial charge >= 0.3 is 0 Å². The minimum atomic E-state index is -4.00. The van der Waals surface area contributed by atoms with Gasteiger partial charge in [-0.1, -0.05) is 50.6 Å². The van der Waals surface area contributed by atoms with Crippen molar-refractivity contribution in [3.05, 3.63) is 65.6 Å². The molecule has 3 aromatic rings. The average Bonchev–Trinajstić information content (AvgIpc) is 2.97. The third-order valence-electron chi connectivity index (χ3n) is 4.37. The zero-order valence-electron chi connectivity index (χ0n) is 15.7. The fourth-order valence-corrected chi connectivity index (χ4v) is 3.95. The van der Waals surface area contributed by atoms with E-state index in [-0.39, 0.29) is 10.7 Å². The van der Waals surface area contributed by atoms with Crippen LogP contribution in [0.2, 0.25) is 0 Å². The second-order valence-corrected chi connectivity index (χ2v) is 9.36. The topological polar surface area (TPSA) is 78.0 Å². The molecule has 0 amide bonds. The summed E-state index contributed by atoms with van der Waals surface area (Å²) in [6.07, 6.45) is 1.38. The first kappa shape index (κ1) is 19.1. The highest BCUT2D eigenvalue weighted by molar-refractivity contribution is 7.89. The van der Waals surface area contributed by atoms with Crippen LogP contribution in [0.3, 0.4) is 0 Å². The lowest BCUT2D eigenvalue weighted by molar-refractivity contribution is 0.519. The van der Waals surface area contributed by atoms with Gasteiger partial charge in [-0.15, -0.1) is 5.10 Å². The summed E-state index contributed by atoms with van der Waals surface area (Å²) in [4.78, 5) is -0.0354. The van der Waals surface area contributed by atoms with E-state index in [1.807, 2.05) is 52.0 Å². The van der Waals surface area contributed by atoms with Crippen LogP contribution in [0.15, 0.2) is 53.6 Å². The number of hydrogen-bond acceptors (Lipinski definition) is 4. The van der Waals surface area contributed by atoms with Crippen molar-refractivity contribution in [2.45, 2.75) is 38.0 Å². The van der Waals surface area contributed by atoms with Gasteiger partial charge in [0, 0.05) is 5.56 Å². The van der Waals surface area contributed by atoms with Crippen LogP contribution in [-0.4, -0.2) is 17.6 Å². The van der Waals surface area contributed by atoms with Gasteiger partial charge in [0.25, 0.3) is 10.0 Å². The molecule has 1 aromatic heterocycles. The molecule has 0 aliphatic heterocycles. The number of aromatic nitrogens is 2. The predicted octanol–water partition coefficient (Wildman–Crippen LogP) is 4.11. The molecule has 0 bridgehead atoms. The fourth-order valence-electron chi connectivity index (χ4n) is 2.79. The lowest BCUT2D eigenvalue weighted by Gasteiger charge is -2.20. The number of hydrogen-bond donors (Lipinski definition) is 1. The minimum absolute atomic E-state index is 0.0354. The van der Waals surface area contributed by atoms with E-state index in [1.54, 1.807) is 0 Å². The monoisotopic (exact) mass is 387 g/mol. The summed E-state index contributed by atoms with van der Waals surface area (Å²) in [6.45, 7) is 7.43. The molecule has 0 aliphatic carbocycles. The SMILES string of the molecule is Cc1ccc(-c2cn(S(=O)(=O)c3ccc(F)c(C(C)(C)C)c3)nc2N)cc1. The third-order valence-corrected chi connectivity index (χ3v) is 5.90. The summed E-state index contributed by atoms with van der Waals surface area (Å²) in [6, 6.07) is 11.3. The largest absolute Gasteiger partial charge is 0.382 e. The zero-order valence-corrected chi connectivity index (χ0v) is 16.5. The van der Waals surface area contributed by atoms with Gasteiger partial charge in [0.05, 0.1) is 11.1 Å². The van der Waals surface area contributed by atoms with E-state index in [1.165, 1.54) is 24.4 Å². The maximum Gasteiger partial charge on any atom is 0.283 e. The lowest BCUT2D eigenvalue weighted by atomic mass is 9.87. The molecule has 0 fully saturated rings. The number of nitrogens with zero attached hydrogens (tertiary/aromatic N) is 2. The Kier molecular flexibility index (Phi) is 4.59. The Hall–Kier alpha value is -2.67. The van der Waals surface area contributed by atoms with E-state index in [0.717, 1.165) is 15.2 Å². The van der Waals surface area contributed by atoms with E-state index in [9.17, 15) is 12.8 Å². The maximum atomic E-state index is 14.1. The first-order valence-electron chi connectivity index (χ1n) is 8.48. The number of rotatable bonds is 3. The standard InChI is InChI=1S/C20H22FN3O2S/c1-13-5-7-14(8-6-13)16-12-24(23-19(16)22)27(25,26)15-9-10-18(21)17(11-15)20(2,3)4/h5-12H,1-4H3,(H2,22,23). The molecule has 2 N–H and O–H groups in total. The number of halogens is 1. The quantitative estimate of drug-likeness (QED) is 0.733. The molecule has 0 radical (unpaired) electrons. The number of nitrogen functional groups attached to an aromatic ring is 1. The van der Waals surface area contributed by atoms with Crippen molar-refractivity contribution in [2.24, 2.45) is 0 Å². The van der Waals surface area contributed by atoms with Gasteiger partial charge in [-0.05, 0) is 41.7 Å². The van der Waals surface area contributed by atoms with Crippen molar-refractivity contribution in [3.8, 4) is 11.1 Å². The summed E-state index contributed by atoms with van der Waals surface area (Å²) in [5, 5.41) is 3.98. The summed E-state index contributed by atoms with van der Waals surface area (Å²) < 4.78 is 41.0. The van der Waals surface area contributed by atoms with Gasteiger partial charge in [-0.25, -0.2) is 4.39 Å². The molecule has 27 heavy (non-hydrogen) atoms. The Morgan fingerprint density at radius 3 is 2.30 bits per heavy atom. The summed E-state index contributed by atoms with van der Waals surface area (Å²) in [5.41, 5.74) is 8.12. The summed E-state index contributed by atoms with van der Waals surface area (Å²) in [7, 11) is -4.00. The molecule has 0 aliphatic rings. The van der Waals surface area contributed by atoms with Crippen molar-refractivity contribution in [2.75, 3.05) is 5.73 Å². The van der Waals surface area contributed by atoms with Gasteiger partial charge in [-0.2, -0.15) is 12.5 Å². The lowest BCUT2D eigenvalue weighted by Crippen LogP contribution is -2.18. The second kappa shape index (κ2) is 6.49. The molecule has 7 heteroatoms. The Bertz CT molecular complexity index is 1100. The summed E-state index contributed by atoms with van der Waals surface area (Å²) in [5.74, 6) is -0.331. The highest BCUT2D eigenvalue weighted by atomic mass is 32.2. The number of aryl methyl sites for hydroxylation is 1. The molecular weight excluding hydrogens is 365 g/mol. The molecular formula is C20H22FN3O2S. The minimum Gasteiger partial charge on any atom is -0.382 e. The molecule has 1 heterocycles. The molecule has 2 aromatic carbocycles. The molecule has 0 saturated heterocycles. The molecule has 0 spiro atoms. The highest BCUT2D eigenvalue weighted by Gasteiger charge is 2.25. The number of benzene rings is 2. The Labute approximate surface area is 158 Å². The van der Waals surface area contributed by atoms with Crippen LogP contribution in [0.4, 0.5) is 10.2 Å². The molecule has 0 unspecified atom stereocenters. The first-order valence-corrected chi connectivity index (χ1v) is 9.92. The number of anilines is 1. The van der Waals surface area contributed by atoms with E-state index in [2.05, 4.69) is 5.10 Å². The Balaban J connectivity index is 2.09. The van der Waals surface area contributed by atoms with Crippen LogP contribution in [0.5, 0.6) is 0 Å². The van der Waals surface area contributed by atoms with Crippen molar-refractivity contribution in [1.82, 2.24) is 9.19 Å². The Morgan fingerprint density at radius 2 is 1.70 bits per heavy atom. The van der Waals surface area contributed by atoms with Gasteiger partial charge in [0.2, 0.25) is 0 Å². The van der Waals surface area contributed by atoms with E-state index >= 15 is 0 Å². The second-order valence-electron chi connectivity index (χ2n) is 7.56. The van der Waals surface area contributed by atoms with E-state index in [0.29, 0.717) is 11.1 Å². The molecule has 5 nitrogen and oxygen atoms in total. The van der Waals surface area contributed by atoms with Crippen molar-refractivity contribution in [3.63, 3.8) is 0 Å². The molecule has 3 rings (SSSR count). The van der Waals surface area contributed by atoms with Crippen LogP contribution < -0.4 is 5.73 Å². The van der Waals surface area contributed by atoms with Gasteiger partial charge in [-0.3, -0.25) is 0 Å². The van der Waals surface area contributed by atoms with Crippen LogP contribution in [0, 0.1) is 12.7 Å². The van der Waals surface area contributed by atoms with Gasteiger partial charge < -0.3 is 5.73 Å². The van der Waals surface area contributed by atoms with Crippen LogP contribution in [-0.2, 0) is 15.4 Å². The third kappa shape index (κ3) is 3.60. The van der Waals surface area contributed by atoms with Crippen molar-refractivity contribution >= 4 is 15.8 Å². The zero-order chi connectivity index (χ0) is 20.0. The van der Waals surface area contributed by atoms with Gasteiger partial charge in [0.1, 0.15) is 5.82 Å². The number of nitrogens with two attached hydrogens (primary N) is 1. The normalized spacial score (nSPS) is 12.3. The molecule has 0 saturated carbocycles. The average molecular weight is 387 g/mol. The smallest absolute Gasteiger partial charge is 0.283 e. The van der Waals surface area contributed by atoms with Crippen LogP contribution in [0.25, 0.3) is 11.1 Å². The maximum absolute atomic E-state index is 14.1. The predicted molar refractivity (Wildman–Crippen MR) is 104 cm³/mol.